The highest BCUT2D eigenvalue weighted by molar-refractivity contribution is 6.31. The van der Waals surface area contributed by atoms with E-state index in [1.54, 1.807) is 36.0 Å². The Hall–Kier alpha value is -2.41. The van der Waals surface area contributed by atoms with Crippen LogP contribution in [-0.2, 0) is 18.3 Å². The van der Waals surface area contributed by atoms with Crippen molar-refractivity contribution in [2.24, 2.45) is 7.05 Å². The molecule has 8 heteroatoms. The Morgan fingerprint density at radius 1 is 1.35 bits per heavy atom. The van der Waals surface area contributed by atoms with Crippen molar-refractivity contribution < 1.29 is 9.59 Å². The van der Waals surface area contributed by atoms with Gasteiger partial charge in [0.1, 0.15) is 12.2 Å². The first-order chi connectivity index (χ1) is 11.0. The van der Waals surface area contributed by atoms with Gasteiger partial charge < -0.3 is 15.2 Å². The summed E-state index contributed by atoms with van der Waals surface area (Å²) >= 11 is 5.94. The van der Waals surface area contributed by atoms with E-state index in [-0.39, 0.29) is 11.8 Å². The van der Waals surface area contributed by atoms with Gasteiger partial charge in [-0.05, 0) is 18.2 Å². The van der Waals surface area contributed by atoms with E-state index in [1.807, 2.05) is 7.05 Å². The third-order valence-corrected chi connectivity index (χ3v) is 3.50. The Kier molecular flexibility index (Phi) is 5.70. The van der Waals surface area contributed by atoms with E-state index in [2.05, 4.69) is 20.8 Å². The molecule has 0 radical (unpaired) electrons. The number of carbonyl (C=O) groups is 2. The van der Waals surface area contributed by atoms with Crippen LogP contribution in [0.4, 0.5) is 5.69 Å². The molecule has 0 saturated heterocycles. The fourth-order valence-corrected chi connectivity index (χ4v) is 2.15. The highest BCUT2D eigenvalue weighted by atomic mass is 35.5. The lowest BCUT2D eigenvalue weighted by atomic mass is 10.1. The van der Waals surface area contributed by atoms with E-state index < -0.39 is 0 Å². The van der Waals surface area contributed by atoms with E-state index in [0.29, 0.717) is 35.7 Å². The number of nitrogens with one attached hydrogen (secondary N) is 2. The fraction of sp³-hybridized carbons (Fsp3) is 0.333. The molecule has 1 heterocycles. The predicted molar refractivity (Wildman–Crippen MR) is 87.4 cm³/mol. The number of benzene rings is 1. The maximum Gasteiger partial charge on any atom is 0.253 e. The van der Waals surface area contributed by atoms with Crippen LogP contribution in [0.5, 0.6) is 0 Å². The zero-order chi connectivity index (χ0) is 16.8. The predicted octanol–water partition coefficient (Wildman–Crippen LogP) is 1.79. The van der Waals surface area contributed by atoms with Gasteiger partial charge in [-0.15, -0.1) is 10.2 Å². The molecule has 0 saturated carbocycles. The summed E-state index contributed by atoms with van der Waals surface area (Å²) in [7, 11) is 1.84. The number of aromatic nitrogens is 3. The molecule has 0 spiro atoms. The van der Waals surface area contributed by atoms with Crippen LogP contribution in [0.15, 0.2) is 24.5 Å². The molecule has 1 aromatic carbocycles. The van der Waals surface area contributed by atoms with Crippen molar-refractivity contribution in [2.75, 3.05) is 11.9 Å². The molecule has 23 heavy (non-hydrogen) atoms. The monoisotopic (exact) mass is 335 g/mol. The maximum absolute atomic E-state index is 12.3. The Balaban J connectivity index is 2.03. The van der Waals surface area contributed by atoms with Gasteiger partial charge in [0.15, 0.2) is 0 Å². The second-order valence-electron chi connectivity index (χ2n) is 4.96. The van der Waals surface area contributed by atoms with Gasteiger partial charge in [0, 0.05) is 31.5 Å². The summed E-state index contributed by atoms with van der Waals surface area (Å²) in [5.74, 6) is 0.316. The van der Waals surface area contributed by atoms with Crippen LogP contribution in [0.3, 0.4) is 0 Å². The quantitative estimate of drug-likeness (QED) is 0.842. The summed E-state index contributed by atoms with van der Waals surface area (Å²) in [6.07, 6.45) is 2.49. The summed E-state index contributed by atoms with van der Waals surface area (Å²) in [5, 5.41) is 13.7. The van der Waals surface area contributed by atoms with Crippen LogP contribution in [0, 0.1) is 0 Å². The molecule has 7 nitrogen and oxygen atoms in total. The number of aryl methyl sites for hydroxylation is 1. The molecule has 0 aliphatic carbocycles. The number of rotatable bonds is 6. The first kappa shape index (κ1) is 17.0. The van der Waals surface area contributed by atoms with Gasteiger partial charge in [-0.25, -0.2) is 0 Å². The van der Waals surface area contributed by atoms with E-state index >= 15 is 0 Å². The van der Waals surface area contributed by atoms with Crippen LogP contribution >= 0.6 is 11.6 Å². The van der Waals surface area contributed by atoms with E-state index in [9.17, 15) is 9.59 Å². The van der Waals surface area contributed by atoms with Gasteiger partial charge in [0.05, 0.1) is 11.3 Å². The Bertz CT molecular complexity index is 714. The van der Waals surface area contributed by atoms with E-state index in [0.717, 1.165) is 5.82 Å². The number of halogens is 1. The van der Waals surface area contributed by atoms with Gasteiger partial charge >= 0.3 is 0 Å². The largest absolute Gasteiger partial charge is 0.352 e. The minimum absolute atomic E-state index is 0.180. The van der Waals surface area contributed by atoms with Gasteiger partial charge in [-0.1, -0.05) is 18.5 Å². The average molecular weight is 336 g/mol. The van der Waals surface area contributed by atoms with Crippen LogP contribution < -0.4 is 10.6 Å². The zero-order valence-corrected chi connectivity index (χ0v) is 13.7. The summed E-state index contributed by atoms with van der Waals surface area (Å²) in [4.78, 5) is 23.9. The van der Waals surface area contributed by atoms with Crippen molar-refractivity contribution in [3.8, 4) is 0 Å². The molecule has 1 aromatic heterocycles. The summed E-state index contributed by atoms with van der Waals surface area (Å²) in [6.45, 7) is 2.15. The molecule has 2 amide bonds. The minimum Gasteiger partial charge on any atom is -0.352 e. The molecule has 2 aromatic rings. The third-order valence-electron chi connectivity index (χ3n) is 3.26. The standard InChI is InChI=1S/C15H18ClN5O2/c1-3-14(22)19-12-8-10(16)4-5-11(12)15(23)17-7-6-13-20-18-9-21(13)2/h4-5,8-9H,3,6-7H2,1-2H3,(H,17,23)(H,19,22). The van der Waals surface area contributed by atoms with Gasteiger partial charge in [-0.2, -0.15) is 0 Å². The molecule has 0 atom stereocenters. The third kappa shape index (κ3) is 4.53. The molecular weight excluding hydrogens is 318 g/mol. The molecule has 0 bridgehead atoms. The lowest BCUT2D eigenvalue weighted by Gasteiger charge is -2.11. The highest BCUT2D eigenvalue weighted by Crippen LogP contribution is 2.21. The van der Waals surface area contributed by atoms with Crippen molar-refractivity contribution >= 4 is 29.1 Å². The van der Waals surface area contributed by atoms with E-state index in [4.69, 9.17) is 11.6 Å². The first-order valence-corrected chi connectivity index (χ1v) is 7.59. The van der Waals surface area contributed by atoms with Gasteiger partial charge in [-0.3, -0.25) is 9.59 Å². The lowest BCUT2D eigenvalue weighted by molar-refractivity contribution is -0.115. The molecule has 122 valence electrons. The molecule has 0 fully saturated rings. The van der Waals surface area contributed by atoms with Crippen molar-refractivity contribution in [2.45, 2.75) is 19.8 Å². The molecule has 0 aliphatic rings. The highest BCUT2D eigenvalue weighted by Gasteiger charge is 2.13. The maximum atomic E-state index is 12.3. The Morgan fingerprint density at radius 2 is 2.13 bits per heavy atom. The Morgan fingerprint density at radius 3 is 2.78 bits per heavy atom. The minimum atomic E-state index is -0.282. The topological polar surface area (TPSA) is 88.9 Å². The zero-order valence-electron chi connectivity index (χ0n) is 13.0. The number of anilines is 1. The summed E-state index contributed by atoms with van der Waals surface area (Å²) < 4.78 is 1.79. The Labute approximate surface area is 139 Å². The molecule has 0 aliphatic heterocycles. The first-order valence-electron chi connectivity index (χ1n) is 7.21. The average Bonchev–Trinajstić information content (AvgIpc) is 2.92. The second kappa shape index (κ2) is 7.73. The summed E-state index contributed by atoms with van der Waals surface area (Å²) in [6, 6.07) is 4.76. The fourth-order valence-electron chi connectivity index (χ4n) is 1.97. The van der Waals surface area contributed by atoms with Crippen LogP contribution in [0.2, 0.25) is 5.02 Å². The van der Waals surface area contributed by atoms with Crippen LogP contribution in [0.1, 0.15) is 29.5 Å². The van der Waals surface area contributed by atoms with Gasteiger partial charge in [0.2, 0.25) is 5.91 Å². The number of carbonyl (C=O) groups excluding carboxylic acids is 2. The molecule has 0 unspecified atom stereocenters. The second-order valence-corrected chi connectivity index (χ2v) is 5.39. The normalized spacial score (nSPS) is 10.4. The van der Waals surface area contributed by atoms with Crippen LogP contribution in [-0.4, -0.2) is 33.1 Å². The summed E-state index contributed by atoms with van der Waals surface area (Å²) in [5.41, 5.74) is 0.773. The number of hydrogen-bond donors (Lipinski definition) is 2. The number of amides is 2. The van der Waals surface area contributed by atoms with Crippen molar-refractivity contribution in [3.05, 3.63) is 40.9 Å². The van der Waals surface area contributed by atoms with Crippen molar-refractivity contribution in [1.82, 2.24) is 20.1 Å². The number of hydrogen-bond acceptors (Lipinski definition) is 4. The molecule has 2 rings (SSSR count). The van der Waals surface area contributed by atoms with Gasteiger partial charge in [0.25, 0.3) is 5.91 Å². The van der Waals surface area contributed by atoms with E-state index in [1.165, 1.54) is 0 Å². The molecule has 2 N–H and O–H groups in total. The van der Waals surface area contributed by atoms with Crippen molar-refractivity contribution in [1.29, 1.82) is 0 Å². The SMILES string of the molecule is CCC(=O)Nc1cc(Cl)ccc1C(=O)NCCc1nncn1C. The number of nitrogens with zero attached hydrogens (tertiary/aromatic N) is 3. The smallest absolute Gasteiger partial charge is 0.253 e. The van der Waals surface area contributed by atoms with Crippen molar-refractivity contribution in [3.63, 3.8) is 0 Å². The van der Waals surface area contributed by atoms with Crippen LogP contribution in [0.25, 0.3) is 0 Å². The lowest BCUT2D eigenvalue weighted by Crippen LogP contribution is -2.27. The molecular formula is C15H18ClN5O2.